The second-order valence-electron chi connectivity index (χ2n) is 3.60. The summed E-state index contributed by atoms with van der Waals surface area (Å²) in [6.07, 6.45) is -0.858. The second kappa shape index (κ2) is 8.08. The van der Waals surface area contributed by atoms with Gasteiger partial charge in [-0.05, 0) is 12.8 Å². The number of carboxylic acids is 1. The Balaban J connectivity index is 3.86. The van der Waals surface area contributed by atoms with Crippen LogP contribution < -0.4 is 0 Å². The molecule has 0 amide bonds. The first-order valence-corrected chi connectivity index (χ1v) is 8.24. The zero-order valence-corrected chi connectivity index (χ0v) is 11.6. The molecule has 0 bridgehead atoms. The number of phosphoric ester groups is 2. The molecule has 19 heavy (non-hydrogen) atoms. The van der Waals surface area contributed by atoms with E-state index in [9.17, 15) is 13.9 Å². The van der Waals surface area contributed by atoms with Gasteiger partial charge in [0.25, 0.3) is 0 Å². The highest BCUT2D eigenvalue weighted by Crippen LogP contribution is 2.38. The van der Waals surface area contributed by atoms with E-state index in [-0.39, 0.29) is 25.9 Å². The SMILES string of the molecule is O=C(O)[C@H](CCCCCOP(=O)(O)O)OP(=O)(O)O. The lowest BCUT2D eigenvalue weighted by Gasteiger charge is -2.13. The molecule has 12 heteroatoms. The summed E-state index contributed by atoms with van der Waals surface area (Å²) >= 11 is 0. The molecule has 0 heterocycles. The quantitative estimate of drug-likeness (QED) is 0.277. The van der Waals surface area contributed by atoms with Gasteiger partial charge in [0.2, 0.25) is 0 Å². The van der Waals surface area contributed by atoms with E-state index in [1.807, 2.05) is 0 Å². The topological polar surface area (TPSA) is 171 Å². The number of unbranched alkanes of at least 4 members (excludes halogenated alkanes) is 2. The number of rotatable bonds is 10. The molecule has 0 aromatic heterocycles. The predicted octanol–water partition coefficient (Wildman–Crippen LogP) is 0.219. The van der Waals surface area contributed by atoms with Gasteiger partial charge in [-0.25, -0.2) is 13.9 Å². The van der Waals surface area contributed by atoms with Gasteiger partial charge in [0.15, 0.2) is 6.10 Å². The largest absolute Gasteiger partial charge is 0.479 e. The van der Waals surface area contributed by atoms with Crippen molar-refractivity contribution in [1.29, 1.82) is 0 Å². The Morgan fingerprint density at radius 1 is 1.00 bits per heavy atom. The molecule has 1 atom stereocenters. The highest BCUT2D eigenvalue weighted by Gasteiger charge is 2.27. The van der Waals surface area contributed by atoms with Crippen LogP contribution in [0.2, 0.25) is 0 Å². The van der Waals surface area contributed by atoms with Gasteiger partial charge in [0.05, 0.1) is 6.61 Å². The smallest absolute Gasteiger partial charge is 0.470 e. The predicted molar refractivity (Wildman–Crippen MR) is 61.0 cm³/mol. The van der Waals surface area contributed by atoms with E-state index in [2.05, 4.69) is 9.05 Å². The molecule has 0 aliphatic heterocycles. The summed E-state index contributed by atoms with van der Waals surface area (Å²) in [4.78, 5) is 44.3. The molecule has 0 aliphatic carbocycles. The molecule has 5 N–H and O–H groups in total. The summed E-state index contributed by atoms with van der Waals surface area (Å²) in [6.45, 7) is -0.193. The lowest BCUT2D eigenvalue weighted by atomic mass is 10.1. The standard InChI is InChI=1S/C7H16O10P2/c8-7(9)6(17-19(13,14)15)4-2-1-3-5-16-18(10,11)12/h6H,1-5H2,(H,8,9)(H2,10,11,12)(H2,13,14,15)/t6-/m0/s1. The number of aliphatic carboxylic acids is 1. The lowest BCUT2D eigenvalue weighted by molar-refractivity contribution is -0.146. The molecule has 0 aromatic rings. The third-order valence-corrected chi connectivity index (χ3v) is 2.96. The fourth-order valence-corrected chi connectivity index (χ4v) is 2.07. The number of hydrogen-bond acceptors (Lipinski definition) is 5. The Kier molecular flexibility index (Phi) is 7.95. The Morgan fingerprint density at radius 2 is 1.58 bits per heavy atom. The lowest BCUT2D eigenvalue weighted by Crippen LogP contribution is -2.22. The number of carbonyl (C=O) groups is 1. The summed E-state index contributed by atoms with van der Waals surface area (Å²) in [5.41, 5.74) is 0. The first kappa shape index (κ1) is 18.7. The molecule has 114 valence electrons. The monoisotopic (exact) mass is 322 g/mol. The molecule has 0 radical (unpaired) electrons. The van der Waals surface area contributed by atoms with Crippen LogP contribution in [0.15, 0.2) is 0 Å². The summed E-state index contributed by atoms with van der Waals surface area (Å²) < 4.78 is 29.0. The minimum Gasteiger partial charge on any atom is -0.479 e. The van der Waals surface area contributed by atoms with Crippen molar-refractivity contribution in [3.05, 3.63) is 0 Å². The van der Waals surface area contributed by atoms with E-state index in [4.69, 9.17) is 24.7 Å². The average molecular weight is 322 g/mol. The maximum absolute atomic E-state index is 10.6. The highest BCUT2D eigenvalue weighted by atomic mass is 31.2. The van der Waals surface area contributed by atoms with Gasteiger partial charge in [-0.3, -0.25) is 9.05 Å². The van der Waals surface area contributed by atoms with Crippen LogP contribution in [0.5, 0.6) is 0 Å². The average Bonchev–Trinajstić information content (AvgIpc) is 2.17. The van der Waals surface area contributed by atoms with E-state index >= 15 is 0 Å². The van der Waals surface area contributed by atoms with E-state index < -0.39 is 27.7 Å². The van der Waals surface area contributed by atoms with Gasteiger partial charge in [0, 0.05) is 0 Å². The first-order chi connectivity index (χ1) is 8.51. The Labute approximate surface area is 108 Å². The van der Waals surface area contributed by atoms with E-state index in [1.165, 1.54) is 0 Å². The van der Waals surface area contributed by atoms with Crippen molar-refractivity contribution in [2.45, 2.75) is 31.8 Å². The summed E-state index contributed by atoms with van der Waals surface area (Å²) in [7, 11) is -9.37. The molecular formula is C7H16O10P2. The normalized spacial score (nSPS) is 14.3. The van der Waals surface area contributed by atoms with Crippen molar-refractivity contribution < 1.29 is 47.7 Å². The van der Waals surface area contributed by atoms with E-state index in [1.54, 1.807) is 0 Å². The highest BCUT2D eigenvalue weighted by molar-refractivity contribution is 7.46. The Bertz CT molecular complexity index is 370. The Morgan fingerprint density at radius 3 is 2.00 bits per heavy atom. The van der Waals surface area contributed by atoms with Gasteiger partial charge in [-0.15, -0.1) is 0 Å². The van der Waals surface area contributed by atoms with Crippen molar-refractivity contribution in [3.63, 3.8) is 0 Å². The maximum atomic E-state index is 10.6. The minimum absolute atomic E-state index is 0.129. The zero-order chi connectivity index (χ0) is 15.1. The molecule has 0 saturated heterocycles. The third-order valence-electron chi connectivity index (χ3n) is 1.91. The first-order valence-electron chi connectivity index (χ1n) is 5.18. The van der Waals surface area contributed by atoms with Crippen LogP contribution in [0.25, 0.3) is 0 Å². The van der Waals surface area contributed by atoms with Gasteiger partial charge in [0.1, 0.15) is 0 Å². The van der Waals surface area contributed by atoms with Crippen LogP contribution in [-0.2, 0) is 23.0 Å². The fraction of sp³-hybridized carbons (Fsp3) is 0.857. The minimum atomic E-state index is -4.87. The number of hydrogen-bond donors (Lipinski definition) is 5. The summed E-state index contributed by atoms with van der Waals surface area (Å²) in [6, 6.07) is 0. The van der Waals surface area contributed by atoms with Crippen molar-refractivity contribution in [1.82, 2.24) is 0 Å². The van der Waals surface area contributed by atoms with Crippen LogP contribution in [-0.4, -0.2) is 43.4 Å². The van der Waals surface area contributed by atoms with Crippen LogP contribution in [0, 0.1) is 0 Å². The molecule has 10 nitrogen and oxygen atoms in total. The van der Waals surface area contributed by atoms with E-state index in [0.29, 0.717) is 6.42 Å². The maximum Gasteiger partial charge on any atom is 0.470 e. The molecule has 0 aliphatic rings. The molecule has 0 rings (SSSR count). The van der Waals surface area contributed by atoms with Crippen LogP contribution >= 0.6 is 15.6 Å². The Hall–Kier alpha value is -0.310. The fourth-order valence-electron chi connectivity index (χ4n) is 1.18. The molecular weight excluding hydrogens is 306 g/mol. The van der Waals surface area contributed by atoms with E-state index in [0.717, 1.165) is 0 Å². The van der Waals surface area contributed by atoms with Crippen molar-refractivity contribution >= 4 is 21.6 Å². The zero-order valence-electron chi connectivity index (χ0n) is 9.78. The second-order valence-corrected chi connectivity index (χ2v) is 6.03. The van der Waals surface area contributed by atoms with Crippen LogP contribution in [0.1, 0.15) is 25.7 Å². The van der Waals surface area contributed by atoms with Crippen molar-refractivity contribution in [3.8, 4) is 0 Å². The van der Waals surface area contributed by atoms with Gasteiger partial charge >= 0.3 is 21.6 Å². The molecule has 0 unspecified atom stereocenters. The molecule has 0 fully saturated rings. The summed E-state index contributed by atoms with van der Waals surface area (Å²) in [5.74, 6) is -1.49. The number of carboxylic acid groups (broad SMARTS) is 1. The molecule has 0 saturated carbocycles. The molecule has 0 spiro atoms. The van der Waals surface area contributed by atoms with Gasteiger partial charge < -0.3 is 24.7 Å². The van der Waals surface area contributed by atoms with Crippen LogP contribution in [0.4, 0.5) is 0 Å². The van der Waals surface area contributed by atoms with Crippen molar-refractivity contribution in [2.24, 2.45) is 0 Å². The van der Waals surface area contributed by atoms with Gasteiger partial charge in [-0.1, -0.05) is 12.8 Å². The number of phosphoric acid groups is 2. The van der Waals surface area contributed by atoms with Gasteiger partial charge in [-0.2, -0.15) is 0 Å². The van der Waals surface area contributed by atoms with Crippen LogP contribution in [0.3, 0.4) is 0 Å². The summed E-state index contributed by atoms with van der Waals surface area (Å²) in [5, 5.41) is 8.65. The van der Waals surface area contributed by atoms with Crippen molar-refractivity contribution in [2.75, 3.05) is 6.61 Å². The molecule has 0 aromatic carbocycles. The third kappa shape index (κ3) is 12.5.